The molecule has 1 aliphatic heterocycles. The largest absolute Gasteiger partial charge is 0.393 e. The third-order valence-electron chi connectivity index (χ3n) is 12.9. The summed E-state index contributed by atoms with van der Waals surface area (Å²) in [4.78, 5) is 0. The van der Waals surface area contributed by atoms with Gasteiger partial charge in [0.05, 0.1) is 49.3 Å². The smallest absolute Gasteiger partial charge is 0.186 e. The van der Waals surface area contributed by atoms with E-state index in [2.05, 4.69) is 13.8 Å². The molecule has 0 radical (unpaired) electrons. The molecule has 0 bridgehead atoms. The Balaban J connectivity index is 1.22. The second-order valence-corrected chi connectivity index (χ2v) is 15.6. The van der Waals surface area contributed by atoms with Crippen LogP contribution in [-0.2, 0) is 9.47 Å². The highest BCUT2D eigenvalue weighted by Crippen LogP contribution is 2.69. The van der Waals surface area contributed by atoms with Gasteiger partial charge in [-0.05, 0) is 66.6 Å². The van der Waals surface area contributed by atoms with E-state index in [4.69, 9.17) is 9.47 Å². The molecule has 5 aliphatic rings. The predicted molar refractivity (Wildman–Crippen MR) is 154 cm³/mol. The minimum atomic E-state index is -1.41. The first-order valence-electron chi connectivity index (χ1n) is 16.5. The fourth-order valence-corrected chi connectivity index (χ4v) is 10.9. The molecule has 43 heavy (non-hydrogen) atoms. The Hall–Kier alpha value is -0.440. The second-order valence-electron chi connectivity index (χ2n) is 15.6. The van der Waals surface area contributed by atoms with Gasteiger partial charge in [0.25, 0.3) is 0 Å². The van der Waals surface area contributed by atoms with Crippen LogP contribution in [0.3, 0.4) is 0 Å². The molecule has 0 amide bonds. The number of fused-ring (bicyclic) bond motifs is 5. The fraction of sp³-hybridized carbons (Fsp3) is 1.00. The van der Waals surface area contributed by atoms with Gasteiger partial charge >= 0.3 is 0 Å². The lowest BCUT2D eigenvalue weighted by atomic mass is 9.41. The number of hydrogen-bond acceptors (Lipinski definition) is 11. The summed E-state index contributed by atoms with van der Waals surface area (Å²) < 4.78 is 11.0. The molecule has 11 heteroatoms. The van der Waals surface area contributed by atoms with Crippen molar-refractivity contribution in [1.82, 2.24) is 0 Å². The summed E-state index contributed by atoms with van der Waals surface area (Å²) in [5, 5.41) is 97.6. The zero-order valence-corrected chi connectivity index (χ0v) is 26.1. The van der Waals surface area contributed by atoms with E-state index in [1.807, 2.05) is 13.8 Å². The van der Waals surface area contributed by atoms with Gasteiger partial charge in [0.2, 0.25) is 0 Å². The zero-order chi connectivity index (χ0) is 31.6. The van der Waals surface area contributed by atoms with E-state index in [-0.39, 0.29) is 36.7 Å². The van der Waals surface area contributed by atoms with E-state index in [1.165, 1.54) is 0 Å². The highest BCUT2D eigenvalue weighted by atomic mass is 16.7. The van der Waals surface area contributed by atoms with E-state index in [0.29, 0.717) is 32.3 Å². The summed E-state index contributed by atoms with van der Waals surface area (Å²) >= 11 is 0. The molecule has 250 valence electrons. The summed E-state index contributed by atoms with van der Waals surface area (Å²) in [6.07, 6.45) is -5.15. The van der Waals surface area contributed by atoms with Crippen molar-refractivity contribution < 1.29 is 55.4 Å². The first-order valence-corrected chi connectivity index (χ1v) is 16.5. The van der Waals surface area contributed by atoms with E-state index >= 15 is 0 Å². The maximum absolute atomic E-state index is 12.5. The Morgan fingerprint density at radius 2 is 1.44 bits per heavy atom. The van der Waals surface area contributed by atoms with E-state index in [9.17, 15) is 46.0 Å². The monoisotopic (exact) mass is 616 g/mol. The van der Waals surface area contributed by atoms with Crippen molar-refractivity contribution in [2.75, 3.05) is 13.2 Å². The van der Waals surface area contributed by atoms with Crippen LogP contribution in [0.15, 0.2) is 0 Å². The normalized spacial score (nSPS) is 54.8. The summed E-state index contributed by atoms with van der Waals surface area (Å²) in [7, 11) is 0. The maximum Gasteiger partial charge on any atom is 0.186 e. The molecular formula is C32H56O11. The molecule has 0 spiro atoms. The molecule has 1 saturated heterocycles. The van der Waals surface area contributed by atoms with Crippen molar-refractivity contribution in [2.45, 2.75) is 140 Å². The van der Waals surface area contributed by atoms with Crippen LogP contribution in [0.25, 0.3) is 0 Å². The van der Waals surface area contributed by atoms with Crippen LogP contribution in [0.5, 0.6) is 0 Å². The average molecular weight is 617 g/mol. The quantitative estimate of drug-likeness (QED) is 0.176. The van der Waals surface area contributed by atoms with Crippen molar-refractivity contribution in [3.63, 3.8) is 0 Å². The summed E-state index contributed by atoms with van der Waals surface area (Å²) in [5.41, 5.74) is -2.56. The molecule has 0 aromatic carbocycles. The lowest BCUT2D eigenvalue weighted by molar-refractivity contribution is -0.280. The van der Waals surface area contributed by atoms with Gasteiger partial charge < -0.3 is 55.4 Å². The molecule has 1 heterocycles. The maximum atomic E-state index is 12.5. The van der Waals surface area contributed by atoms with Gasteiger partial charge in [0, 0.05) is 18.3 Å². The first kappa shape index (κ1) is 33.9. The van der Waals surface area contributed by atoms with E-state index < -0.39 is 83.4 Å². The Morgan fingerprint density at radius 3 is 2.14 bits per heavy atom. The van der Waals surface area contributed by atoms with Crippen LogP contribution in [-0.4, -0.2) is 120 Å². The molecule has 4 aliphatic carbocycles. The van der Waals surface area contributed by atoms with Crippen LogP contribution in [0.2, 0.25) is 0 Å². The molecule has 4 saturated carbocycles. The minimum absolute atomic E-state index is 0.000248. The van der Waals surface area contributed by atoms with Crippen molar-refractivity contribution in [1.29, 1.82) is 0 Å². The third-order valence-corrected chi connectivity index (χ3v) is 12.9. The number of aliphatic hydroxyl groups is 9. The van der Waals surface area contributed by atoms with E-state index in [0.717, 1.165) is 19.3 Å². The first-order chi connectivity index (χ1) is 20.1. The van der Waals surface area contributed by atoms with Crippen LogP contribution in [0, 0.1) is 46.3 Å². The van der Waals surface area contributed by atoms with E-state index in [1.54, 1.807) is 0 Å². The van der Waals surface area contributed by atoms with Crippen LogP contribution < -0.4 is 0 Å². The van der Waals surface area contributed by atoms with Crippen LogP contribution >= 0.6 is 0 Å². The Labute approximate surface area is 254 Å². The third kappa shape index (κ3) is 5.52. The summed E-state index contributed by atoms with van der Waals surface area (Å²) in [5.74, 6) is -1.52. The topological polar surface area (TPSA) is 201 Å². The van der Waals surface area contributed by atoms with Gasteiger partial charge in [-0.25, -0.2) is 0 Å². The van der Waals surface area contributed by atoms with Crippen LogP contribution in [0.4, 0.5) is 0 Å². The second kappa shape index (κ2) is 12.3. The lowest BCUT2D eigenvalue weighted by Crippen LogP contribution is -2.71. The average Bonchev–Trinajstić information content (AvgIpc) is 3.14. The van der Waals surface area contributed by atoms with Gasteiger partial charge in [0.15, 0.2) is 6.29 Å². The Kier molecular flexibility index (Phi) is 9.70. The van der Waals surface area contributed by atoms with Gasteiger partial charge in [-0.3, -0.25) is 0 Å². The van der Waals surface area contributed by atoms with Crippen molar-refractivity contribution in [2.24, 2.45) is 46.3 Å². The molecule has 5 fully saturated rings. The number of rotatable bonds is 8. The highest BCUT2D eigenvalue weighted by Gasteiger charge is 2.73. The summed E-state index contributed by atoms with van der Waals surface area (Å²) in [6.45, 7) is 8.40. The van der Waals surface area contributed by atoms with Gasteiger partial charge in [-0.1, -0.05) is 40.5 Å². The zero-order valence-electron chi connectivity index (χ0n) is 26.1. The molecule has 0 aromatic heterocycles. The Bertz CT molecular complexity index is 970. The molecular weight excluding hydrogens is 560 g/mol. The molecule has 5 rings (SSSR count). The summed E-state index contributed by atoms with van der Waals surface area (Å²) in [6, 6.07) is 0. The number of hydrogen-bond donors (Lipinski definition) is 9. The Morgan fingerprint density at radius 1 is 0.767 bits per heavy atom. The standard InChI is InChI=1S/C32H56O11/c1-15(13-42-29-27(40)24(37)19(35)14-43-29)6-5-7-16(2)21-25(38)26(39)28-31(21,4)11-9-20-30(3)10-8-17(33)23(36)22(30)18(34)12-32(20,28)41/h15-29,33-41H,5-14H2,1-4H3. The molecule has 11 nitrogen and oxygen atoms in total. The van der Waals surface area contributed by atoms with Gasteiger partial charge in [-0.2, -0.15) is 0 Å². The molecule has 9 N–H and O–H groups in total. The number of aliphatic hydroxyl groups excluding tert-OH is 8. The number of ether oxygens (including phenoxy) is 2. The molecule has 0 aromatic rings. The van der Waals surface area contributed by atoms with Gasteiger partial charge in [-0.15, -0.1) is 0 Å². The van der Waals surface area contributed by atoms with Crippen molar-refractivity contribution in [3.8, 4) is 0 Å². The lowest BCUT2D eigenvalue weighted by Gasteiger charge is -2.66. The SMILES string of the molecule is CC(CCCC(C)C1C(O)C(O)C2C1(C)CCC1C3(C)CCC(O)C(O)C3C(O)CC12O)COC1OCC(O)C(O)C1O. The molecule has 18 unspecified atom stereocenters. The highest BCUT2D eigenvalue weighted by molar-refractivity contribution is 5.22. The predicted octanol–water partition coefficient (Wildman–Crippen LogP) is -0.0976. The fourth-order valence-electron chi connectivity index (χ4n) is 10.9. The van der Waals surface area contributed by atoms with Gasteiger partial charge in [0.1, 0.15) is 18.3 Å². The van der Waals surface area contributed by atoms with Crippen molar-refractivity contribution in [3.05, 3.63) is 0 Å². The van der Waals surface area contributed by atoms with Crippen molar-refractivity contribution >= 4 is 0 Å². The van der Waals surface area contributed by atoms with Crippen LogP contribution in [0.1, 0.15) is 79.1 Å². The minimum Gasteiger partial charge on any atom is -0.393 e. The molecule has 18 atom stereocenters.